The van der Waals surface area contributed by atoms with E-state index in [0.717, 1.165) is 6.07 Å². The molecule has 0 aliphatic rings. The van der Waals surface area contributed by atoms with Gasteiger partial charge < -0.3 is 5.11 Å². The summed E-state index contributed by atoms with van der Waals surface area (Å²) in [6.07, 6.45) is 1.73. The molecule has 5 nitrogen and oxygen atoms in total. The number of nitrogens with zero attached hydrogens (tertiary/aromatic N) is 3. The molecule has 0 saturated carbocycles. The topological polar surface area (TPSA) is 68.0 Å². The number of hydrogen-bond acceptors (Lipinski definition) is 4. The number of aromatic carboxylic acids is 1. The van der Waals surface area contributed by atoms with Crippen LogP contribution in [0.5, 0.6) is 0 Å². The van der Waals surface area contributed by atoms with Gasteiger partial charge in [0.2, 0.25) is 0 Å². The van der Waals surface area contributed by atoms with Crippen molar-refractivity contribution in [3.63, 3.8) is 0 Å². The Kier molecular flexibility index (Phi) is 3.61. The number of aromatic nitrogens is 3. The van der Waals surface area contributed by atoms with Crippen LogP contribution >= 0.6 is 11.8 Å². The van der Waals surface area contributed by atoms with Crippen LogP contribution in [0.4, 0.5) is 4.39 Å². The Labute approximate surface area is 107 Å². The zero-order valence-corrected chi connectivity index (χ0v) is 10.3. The van der Waals surface area contributed by atoms with Gasteiger partial charge in [-0.15, -0.1) is 16.9 Å². The molecule has 0 amide bonds. The van der Waals surface area contributed by atoms with Gasteiger partial charge in [0.25, 0.3) is 0 Å². The van der Waals surface area contributed by atoms with Gasteiger partial charge in [0.1, 0.15) is 5.82 Å². The largest absolute Gasteiger partial charge is 0.478 e. The predicted molar refractivity (Wildman–Crippen MR) is 63.9 cm³/mol. The Morgan fingerprint density at radius 3 is 2.94 bits per heavy atom. The van der Waals surface area contributed by atoms with Crippen molar-refractivity contribution in [2.75, 3.05) is 0 Å². The minimum atomic E-state index is -1.07. The maximum atomic E-state index is 13.5. The Bertz CT molecular complexity index is 585. The summed E-state index contributed by atoms with van der Waals surface area (Å²) >= 11 is 1.19. The molecule has 7 heteroatoms. The molecule has 2 aromatic rings. The Morgan fingerprint density at radius 1 is 1.56 bits per heavy atom. The zero-order valence-electron chi connectivity index (χ0n) is 9.50. The maximum absolute atomic E-state index is 13.5. The second kappa shape index (κ2) is 5.18. The van der Waals surface area contributed by atoms with Crippen molar-refractivity contribution in [3.05, 3.63) is 41.5 Å². The molecule has 2 rings (SSSR count). The molecule has 1 heterocycles. The summed E-state index contributed by atoms with van der Waals surface area (Å²) in [5.41, 5.74) is 0.778. The van der Waals surface area contributed by atoms with E-state index in [4.69, 9.17) is 5.11 Å². The molecule has 18 heavy (non-hydrogen) atoms. The molecule has 0 spiro atoms. The van der Waals surface area contributed by atoms with Gasteiger partial charge in [-0.3, -0.25) is 4.68 Å². The first kappa shape index (κ1) is 12.6. The second-order valence-corrected chi connectivity index (χ2v) is 4.64. The highest BCUT2D eigenvalue weighted by molar-refractivity contribution is 7.98. The van der Waals surface area contributed by atoms with Crippen molar-refractivity contribution < 1.29 is 14.3 Å². The molecule has 1 N–H and O–H groups in total. The normalized spacial score (nSPS) is 10.6. The SMILES string of the molecule is Cn1cc(CSc2cc(C(=O)O)ccc2F)nn1. The first-order valence-electron chi connectivity index (χ1n) is 5.07. The lowest BCUT2D eigenvalue weighted by atomic mass is 10.2. The molecular formula is C11H10FN3O2S. The van der Waals surface area contributed by atoms with Crippen molar-refractivity contribution in [2.45, 2.75) is 10.6 Å². The summed E-state index contributed by atoms with van der Waals surface area (Å²) < 4.78 is 15.0. The number of carbonyl (C=O) groups is 1. The van der Waals surface area contributed by atoms with Gasteiger partial charge in [-0.1, -0.05) is 5.21 Å². The number of aryl methyl sites for hydroxylation is 1. The van der Waals surface area contributed by atoms with Crippen LogP contribution in [0.3, 0.4) is 0 Å². The summed E-state index contributed by atoms with van der Waals surface area (Å²) in [7, 11) is 1.74. The summed E-state index contributed by atoms with van der Waals surface area (Å²) in [6, 6.07) is 3.71. The summed E-state index contributed by atoms with van der Waals surface area (Å²) in [4.78, 5) is 11.1. The minimum absolute atomic E-state index is 0.0676. The standard InChI is InChI=1S/C11H10FN3O2S/c1-15-5-8(13-14-15)6-18-10-4-7(11(16)17)2-3-9(10)12/h2-5H,6H2,1H3,(H,16,17). The van der Waals surface area contributed by atoms with Gasteiger partial charge >= 0.3 is 5.97 Å². The van der Waals surface area contributed by atoms with Crippen molar-refractivity contribution >= 4 is 17.7 Å². The van der Waals surface area contributed by atoms with Crippen LogP contribution in [-0.2, 0) is 12.8 Å². The van der Waals surface area contributed by atoms with Crippen LogP contribution in [-0.4, -0.2) is 26.1 Å². The van der Waals surface area contributed by atoms with Crippen LogP contribution in [0.15, 0.2) is 29.3 Å². The van der Waals surface area contributed by atoms with E-state index >= 15 is 0 Å². The molecule has 1 aromatic heterocycles. The van der Waals surface area contributed by atoms with Crippen LogP contribution < -0.4 is 0 Å². The fourth-order valence-electron chi connectivity index (χ4n) is 1.36. The molecule has 0 radical (unpaired) electrons. The van der Waals surface area contributed by atoms with E-state index < -0.39 is 11.8 Å². The molecule has 0 aliphatic carbocycles. The van der Waals surface area contributed by atoms with Crippen LogP contribution in [0.25, 0.3) is 0 Å². The average Bonchev–Trinajstić information content (AvgIpc) is 2.74. The Balaban J connectivity index is 2.13. The maximum Gasteiger partial charge on any atom is 0.335 e. The first-order valence-corrected chi connectivity index (χ1v) is 6.05. The van der Waals surface area contributed by atoms with Crippen LogP contribution in [0, 0.1) is 5.82 Å². The molecule has 94 valence electrons. The fraction of sp³-hybridized carbons (Fsp3) is 0.182. The van der Waals surface area contributed by atoms with Gasteiger partial charge in [0, 0.05) is 23.9 Å². The number of halogens is 1. The third kappa shape index (κ3) is 2.86. The van der Waals surface area contributed by atoms with E-state index in [1.165, 1.54) is 23.9 Å². The third-order valence-corrected chi connectivity index (χ3v) is 3.27. The summed E-state index contributed by atoms with van der Waals surface area (Å²) in [6.45, 7) is 0. The summed E-state index contributed by atoms with van der Waals surface area (Å²) in [5.74, 6) is -1.07. The smallest absolute Gasteiger partial charge is 0.335 e. The molecule has 0 fully saturated rings. The molecular weight excluding hydrogens is 257 g/mol. The van der Waals surface area contributed by atoms with E-state index in [1.807, 2.05) is 0 Å². The third-order valence-electron chi connectivity index (χ3n) is 2.20. The molecule has 0 atom stereocenters. The monoisotopic (exact) mass is 267 g/mol. The highest BCUT2D eigenvalue weighted by Gasteiger charge is 2.09. The molecule has 1 aromatic carbocycles. The van der Waals surface area contributed by atoms with Gasteiger partial charge in [-0.05, 0) is 18.2 Å². The first-order chi connectivity index (χ1) is 8.56. The van der Waals surface area contributed by atoms with Gasteiger partial charge in [-0.25, -0.2) is 9.18 Å². The van der Waals surface area contributed by atoms with Crippen molar-refractivity contribution in [1.82, 2.24) is 15.0 Å². The van der Waals surface area contributed by atoms with Gasteiger partial charge in [0.15, 0.2) is 0 Å². The summed E-state index contributed by atoms with van der Waals surface area (Å²) in [5, 5.41) is 16.5. The Hall–Kier alpha value is -1.89. The van der Waals surface area contributed by atoms with E-state index in [0.29, 0.717) is 16.3 Å². The number of benzene rings is 1. The fourth-order valence-corrected chi connectivity index (χ4v) is 2.21. The number of thioether (sulfide) groups is 1. The lowest BCUT2D eigenvalue weighted by Crippen LogP contribution is -1.97. The van der Waals surface area contributed by atoms with Gasteiger partial charge in [0.05, 0.1) is 11.3 Å². The van der Waals surface area contributed by atoms with E-state index in [9.17, 15) is 9.18 Å². The second-order valence-electron chi connectivity index (χ2n) is 3.62. The van der Waals surface area contributed by atoms with Crippen LogP contribution in [0.1, 0.15) is 16.1 Å². The number of hydrogen-bond donors (Lipinski definition) is 1. The average molecular weight is 267 g/mol. The van der Waals surface area contributed by atoms with E-state index in [1.54, 1.807) is 17.9 Å². The number of carboxylic acid groups (broad SMARTS) is 1. The van der Waals surface area contributed by atoms with Crippen molar-refractivity contribution in [2.24, 2.45) is 7.05 Å². The number of rotatable bonds is 4. The van der Waals surface area contributed by atoms with E-state index in [2.05, 4.69) is 10.3 Å². The Morgan fingerprint density at radius 2 is 2.33 bits per heavy atom. The van der Waals surface area contributed by atoms with Gasteiger partial charge in [-0.2, -0.15) is 0 Å². The number of carboxylic acids is 1. The van der Waals surface area contributed by atoms with Crippen molar-refractivity contribution in [1.29, 1.82) is 0 Å². The lowest BCUT2D eigenvalue weighted by molar-refractivity contribution is 0.0696. The van der Waals surface area contributed by atoms with E-state index in [-0.39, 0.29) is 5.56 Å². The van der Waals surface area contributed by atoms with Crippen LogP contribution in [0.2, 0.25) is 0 Å². The minimum Gasteiger partial charge on any atom is -0.478 e. The quantitative estimate of drug-likeness (QED) is 0.857. The molecule has 0 saturated heterocycles. The zero-order chi connectivity index (χ0) is 13.1. The predicted octanol–water partition coefficient (Wildman–Crippen LogP) is 1.94. The lowest BCUT2D eigenvalue weighted by Gasteiger charge is -2.02. The molecule has 0 aliphatic heterocycles. The van der Waals surface area contributed by atoms with Crippen molar-refractivity contribution in [3.8, 4) is 0 Å². The molecule has 0 unspecified atom stereocenters. The highest BCUT2D eigenvalue weighted by atomic mass is 32.2. The molecule has 0 bridgehead atoms. The highest BCUT2D eigenvalue weighted by Crippen LogP contribution is 2.25.